The van der Waals surface area contributed by atoms with E-state index in [0.717, 1.165) is 6.42 Å². The number of aliphatic hydroxyl groups is 1. The molecule has 0 spiro atoms. The molecule has 0 aromatic heterocycles. The predicted molar refractivity (Wildman–Crippen MR) is 85.9 cm³/mol. The Balaban J connectivity index is 1.48. The summed E-state index contributed by atoms with van der Waals surface area (Å²) in [5.74, 6) is 0.548. The molecule has 2 fully saturated rings. The van der Waals surface area contributed by atoms with Gasteiger partial charge in [-0.25, -0.2) is 4.79 Å². The van der Waals surface area contributed by atoms with Crippen molar-refractivity contribution in [2.45, 2.75) is 37.3 Å². The summed E-state index contributed by atoms with van der Waals surface area (Å²) in [5, 5.41) is 14.2. The van der Waals surface area contributed by atoms with Crippen LogP contribution >= 0.6 is 0 Å². The standard InChI is InChI=1S/C17H23N3O3/c21-8-4-7-18-17(23)19-13-9-16(22)20(11-13)15-10-14(15)12-5-2-1-3-6-12/h1-3,5-6,13-15,21H,4,7-11H2,(H2,18,19,23)/t13-,14-,15+/m1/s1. The van der Waals surface area contributed by atoms with E-state index in [-0.39, 0.29) is 30.6 Å². The smallest absolute Gasteiger partial charge is 0.315 e. The minimum absolute atomic E-state index is 0.0541. The molecule has 0 unspecified atom stereocenters. The van der Waals surface area contributed by atoms with Gasteiger partial charge >= 0.3 is 6.03 Å². The first-order valence-electron chi connectivity index (χ1n) is 8.18. The van der Waals surface area contributed by atoms with Crippen molar-refractivity contribution in [3.05, 3.63) is 35.9 Å². The number of benzene rings is 1. The van der Waals surface area contributed by atoms with Gasteiger partial charge in [-0.15, -0.1) is 0 Å². The summed E-state index contributed by atoms with van der Waals surface area (Å²) in [6.07, 6.45) is 1.90. The van der Waals surface area contributed by atoms with Gasteiger partial charge in [-0.2, -0.15) is 0 Å². The van der Waals surface area contributed by atoms with Crippen molar-refractivity contribution in [1.29, 1.82) is 0 Å². The molecule has 1 aromatic carbocycles. The highest BCUT2D eigenvalue weighted by molar-refractivity contribution is 5.82. The zero-order valence-electron chi connectivity index (χ0n) is 13.1. The van der Waals surface area contributed by atoms with E-state index in [1.54, 1.807) is 0 Å². The number of urea groups is 1. The summed E-state index contributed by atoms with van der Waals surface area (Å²) in [6, 6.07) is 10.1. The van der Waals surface area contributed by atoms with Gasteiger partial charge in [-0.3, -0.25) is 4.79 Å². The van der Waals surface area contributed by atoms with E-state index in [9.17, 15) is 9.59 Å². The average Bonchev–Trinajstić information content (AvgIpc) is 3.26. The second-order valence-corrected chi connectivity index (χ2v) is 6.24. The second-order valence-electron chi connectivity index (χ2n) is 6.24. The van der Waals surface area contributed by atoms with E-state index in [4.69, 9.17) is 5.11 Å². The van der Waals surface area contributed by atoms with Crippen LogP contribution in [0, 0.1) is 0 Å². The van der Waals surface area contributed by atoms with Crippen LogP contribution in [-0.4, -0.2) is 53.7 Å². The Morgan fingerprint density at radius 1 is 1.30 bits per heavy atom. The number of rotatable bonds is 6. The van der Waals surface area contributed by atoms with Crippen molar-refractivity contribution in [3.63, 3.8) is 0 Å². The number of hydrogen-bond acceptors (Lipinski definition) is 3. The third-order valence-corrected chi connectivity index (χ3v) is 4.50. The van der Waals surface area contributed by atoms with Crippen LogP contribution < -0.4 is 10.6 Å². The first-order chi connectivity index (χ1) is 11.2. The highest BCUT2D eigenvalue weighted by atomic mass is 16.3. The molecule has 6 nitrogen and oxygen atoms in total. The van der Waals surface area contributed by atoms with Gasteiger partial charge in [0.25, 0.3) is 0 Å². The number of nitrogens with zero attached hydrogens (tertiary/aromatic N) is 1. The Hall–Kier alpha value is -2.08. The van der Waals surface area contributed by atoms with Crippen LogP contribution in [0.25, 0.3) is 0 Å². The van der Waals surface area contributed by atoms with Crippen LogP contribution in [0.4, 0.5) is 4.79 Å². The molecule has 6 heteroatoms. The third-order valence-electron chi connectivity index (χ3n) is 4.50. The summed E-state index contributed by atoms with van der Waals surface area (Å²) in [7, 11) is 0. The lowest BCUT2D eigenvalue weighted by Crippen LogP contribution is -2.44. The maximum atomic E-state index is 12.2. The maximum absolute atomic E-state index is 12.2. The summed E-state index contributed by atoms with van der Waals surface area (Å²) in [6.45, 7) is 1.07. The molecule has 1 aliphatic heterocycles. The first-order valence-corrected chi connectivity index (χ1v) is 8.18. The van der Waals surface area contributed by atoms with Crippen molar-refractivity contribution in [3.8, 4) is 0 Å². The van der Waals surface area contributed by atoms with Crippen molar-refractivity contribution < 1.29 is 14.7 Å². The average molecular weight is 317 g/mol. The van der Waals surface area contributed by atoms with Gasteiger partial charge in [0, 0.05) is 38.1 Å². The quantitative estimate of drug-likeness (QED) is 0.680. The molecule has 3 amide bonds. The summed E-state index contributed by atoms with van der Waals surface area (Å²) >= 11 is 0. The Bertz CT molecular complexity index is 563. The lowest BCUT2D eigenvalue weighted by atomic mass is 10.1. The molecule has 0 radical (unpaired) electrons. The van der Waals surface area contributed by atoms with Crippen molar-refractivity contribution in [2.24, 2.45) is 0 Å². The van der Waals surface area contributed by atoms with Gasteiger partial charge < -0.3 is 20.6 Å². The van der Waals surface area contributed by atoms with Crippen LogP contribution in [0.5, 0.6) is 0 Å². The van der Waals surface area contributed by atoms with Crippen LogP contribution in [0.2, 0.25) is 0 Å². The fourth-order valence-electron chi connectivity index (χ4n) is 3.25. The number of carbonyl (C=O) groups excluding carboxylic acids is 2. The van der Waals surface area contributed by atoms with E-state index in [1.807, 2.05) is 23.1 Å². The number of nitrogens with one attached hydrogen (secondary N) is 2. The molecule has 3 rings (SSSR count). The van der Waals surface area contributed by atoms with Crippen molar-refractivity contribution in [1.82, 2.24) is 15.5 Å². The maximum Gasteiger partial charge on any atom is 0.315 e. The van der Waals surface area contributed by atoms with E-state index < -0.39 is 0 Å². The van der Waals surface area contributed by atoms with Crippen LogP contribution in [0.15, 0.2) is 30.3 Å². The molecular weight excluding hydrogens is 294 g/mol. The van der Waals surface area contributed by atoms with Gasteiger partial charge in [0.15, 0.2) is 0 Å². The molecule has 1 aliphatic carbocycles. The highest BCUT2D eigenvalue weighted by Crippen LogP contribution is 2.45. The minimum Gasteiger partial charge on any atom is -0.396 e. The molecule has 3 N–H and O–H groups in total. The summed E-state index contributed by atoms with van der Waals surface area (Å²) in [5.41, 5.74) is 1.28. The monoisotopic (exact) mass is 317 g/mol. The zero-order chi connectivity index (χ0) is 16.2. The lowest BCUT2D eigenvalue weighted by molar-refractivity contribution is -0.128. The molecular formula is C17H23N3O3. The number of hydrogen-bond donors (Lipinski definition) is 3. The van der Waals surface area contributed by atoms with Crippen LogP contribution in [0.3, 0.4) is 0 Å². The van der Waals surface area contributed by atoms with Crippen molar-refractivity contribution >= 4 is 11.9 Å². The van der Waals surface area contributed by atoms with Gasteiger partial charge in [0.1, 0.15) is 0 Å². The molecule has 1 aromatic rings. The van der Waals surface area contributed by atoms with E-state index in [2.05, 4.69) is 22.8 Å². The highest BCUT2D eigenvalue weighted by Gasteiger charge is 2.47. The minimum atomic E-state index is -0.270. The topological polar surface area (TPSA) is 81.7 Å². The second kappa shape index (κ2) is 7.00. The Morgan fingerprint density at radius 2 is 2.09 bits per heavy atom. The summed E-state index contributed by atoms with van der Waals surface area (Å²) in [4.78, 5) is 25.8. The number of aliphatic hydroxyl groups excluding tert-OH is 1. The molecule has 0 bridgehead atoms. The van der Waals surface area contributed by atoms with Gasteiger partial charge in [-0.05, 0) is 18.4 Å². The predicted octanol–water partition coefficient (Wildman–Crippen LogP) is 0.825. The van der Waals surface area contributed by atoms with E-state index >= 15 is 0 Å². The Kier molecular flexibility index (Phi) is 4.81. The van der Waals surface area contributed by atoms with Crippen LogP contribution in [-0.2, 0) is 4.79 Å². The Morgan fingerprint density at radius 3 is 2.83 bits per heavy atom. The fraction of sp³-hybridized carbons (Fsp3) is 0.529. The van der Waals surface area contributed by atoms with Gasteiger partial charge in [0.05, 0.1) is 6.04 Å². The van der Waals surface area contributed by atoms with E-state index in [0.29, 0.717) is 31.8 Å². The molecule has 3 atom stereocenters. The SMILES string of the molecule is O=C(NCCCO)N[C@@H]1CC(=O)N([C@H]2C[C@@H]2c2ccccc2)C1. The number of amides is 3. The molecule has 124 valence electrons. The molecule has 2 aliphatic rings. The van der Waals surface area contributed by atoms with E-state index in [1.165, 1.54) is 5.56 Å². The number of likely N-dealkylation sites (tertiary alicyclic amines) is 1. The molecule has 1 saturated heterocycles. The third kappa shape index (κ3) is 3.82. The van der Waals surface area contributed by atoms with Gasteiger partial charge in [-0.1, -0.05) is 30.3 Å². The zero-order valence-corrected chi connectivity index (χ0v) is 13.1. The largest absolute Gasteiger partial charge is 0.396 e. The summed E-state index contributed by atoms with van der Waals surface area (Å²) < 4.78 is 0. The van der Waals surface area contributed by atoms with Gasteiger partial charge in [0.2, 0.25) is 5.91 Å². The van der Waals surface area contributed by atoms with Crippen LogP contribution in [0.1, 0.15) is 30.7 Å². The van der Waals surface area contributed by atoms with Crippen molar-refractivity contribution in [2.75, 3.05) is 19.7 Å². The fourth-order valence-corrected chi connectivity index (χ4v) is 3.25. The normalized spacial score (nSPS) is 26.2. The molecule has 1 heterocycles. The number of carbonyl (C=O) groups is 2. The lowest BCUT2D eigenvalue weighted by Gasteiger charge is -2.17. The molecule has 1 saturated carbocycles. The first kappa shape index (κ1) is 15.8. The Labute approximate surface area is 135 Å². The molecule has 23 heavy (non-hydrogen) atoms.